The molecule has 1 N–H and O–H groups in total. The van der Waals surface area contributed by atoms with E-state index in [1.54, 1.807) is 7.11 Å². The monoisotopic (exact) mass is 512 g/mol. The summed E-state index contributed by atoms with van der Waals surface area (Å²) in [6, 6.07) is 5.67. The molecule has 2 fully saturated rings. The van der Waals surface area contributed by atoms with Crippen LogP contribution in [0.2, 0.25) is 0 Å². The van der Waals surface area contributed by atoms with Crippen LogP contribution in [0.3, 0.4) is 0 Å². The molecular weight excluding hydrogens is 472 g/mol. The first kappa shape index (κ1) is 26.0. The van der Waals surface area contributed by atoms with Gasteiger partial charge in [0.15, 0.2) is 5.60 Å². The standard InChI is InChI=1S/C29H40N2O6/c1-7-27-11-8-13-31-14-12-28(24(27)31)21-10-9-20(35-6)16-22(21)30(5)25(28)29(34,26(27)37-19(4)32)17-36-23(33)15-18(2)3/h8-11,16,18,24-26,34H,7,12-15,17H2,1-6H3/t24?,25-,26-,27-,28-,29+/m1/s1. The van der Waals surface area contributed by atoms with Crippen LogP contribution in [0.5, 0.6) is 5.75 Å². The fraction of sp³-hybridized carbons (Fsp3) is 0.655. The van der Waals surface area contributed by atoms with Gasteiger partial charge in [-0.1, -0.05) is 39.0 Å². The highest BCUT2D eigenvalue weighted by Gasteiger charge is 2.78. The quantitative estimate of drug-likeness (QED) is 0.441. The number of fused-ring (bicyclic) bond motifs is 1. The number of esters is 2. The van der Waals surface area contributed by atoms with E-state index in [1.165, 1.54) is 6.92 Å². The first-order valence-corrected chi connectivity index (χ1v) is 13.4. The van der Waals surface area contributed by atoms with E-state index in [1.807, 2.05) is 33.0 Å². The van der Waals surface area contributed by atoms with Gasteiger partial charge in [0.05, 0.1) is 13.2 Å². The number of nitrogens with zero attached hydrogens (tertiary/aromatic N) is 2. The van der Waals surface area contributed by atoms with Crippen LogP contribution in [-0.4, -0.2) is 79.6 Å². The average Bonchev–Trinajstić information content (AvgIpc) is 3.37. The van der Waals surface area contributed by atoms with Gasteiger partial charge in [-0.25, -0.2) is 0 Å². The molecule has 5 rings (SSSR count). The van der Waals surface area contributed by atoms with Gasteiger partial charge in [-0.05, 0) is 36.9 Å². The summed E-state index contributed by atoms with van der Waals surface area (Å²) in [4.78, 5) is 29.9. The Labute approximate surface area is 219 Å². The van der Waals surface area contributed by atoms with Crippen molar-refractivity contribution in [3.63, 3.8) is 0 Å². The van der Waals surface area contributed by atoms with Crippen molar-refractivity contribution in [2.75, 3.05) is 38.8 Å². The van der Waals surface area contributed by atoms with Gasteiger partial charge in [0.2, 0.25) is 0 Å². The lowest BCUT2D eigenvalue weighted by atomic mass is 9.48. The number of hydrogen-bond donors (Lipinski definition) is 1. The van der Waals surface area contributed by atoms with Gasteiger partial charge in [0.25, 0.3) is 0 Å². The molecule has 8 heteroatoms. The van der Waals surface area contributed by atoms with Crippen molar-refractivity contribution in [1.82, 2.24) is 4.90 Å². The van der Waals surface area contributed by atoms with Crippen LogP contribution in [0.15, 0.2) is 30.4 Å². The third-order valence-electron chi connectivity index (χ3n) is 9.26. The lowest BCUT2D eigenvalue weighted by molar-refractivity contribution is -0.232. The Balaban J connectivity index is 1.73. The van der Waals surface area contributed by atoms with E-state index >= 15 is 0 Å². The minimum atomic E-state index is -1.65. The molecular formula is C29H40N2O6. The number of carbonyl (C=O) groups is 2. The van der Waals surface area contributed by atoms with E-state index in [9.17, 15) is 14.7 Å². The van der Waals surface area contributed by atoms with E-state index < -0.39 is 34.5 Å². The zero-order valence-corrected chi connectivity index (χ0v) is 22.8. The fourth-order valence-corrected chi connectivity index (χ4v) is 8.20. The van der Waals surface area contributed by atoms with E-state index in [4.69, 9.17) is 14.2 Å². The maximum atomic E-state index is 12.9. The predicted molar refractivity (Wildman–Crippen MR) is 140 cm³/mol. The van der Waals surface area contributed by atoms with Crippen molar-refractivity contribution in [1.29, 1.82) is 0 Å². The normalized spacial score (nSPS) is 35.7. The fourth-order valence-electron chi connectivity index (χ4n) is 8.20. The molecule has 6 atom stereocenters. The number of likely N-dealkylation sites (N-methyl/N-ethyl adjacent to an activating group) is 1. The van der Waals surface area contributed by atoms with E-state index in [-0.39, 0.29) is 31.0 Å². The first-order chi connectivity index (χ1) is 17.5. The highest BCUT2D eigenvalue weighted by molar-refractivity contribution is 5.72. The maximum absolute atomic E-state index is 12.9. The van der Waals surface area contributed by atoms with Crippen LogP contribution in [-0.2, 0) is 24.5 Å². The summed E-state index contributed by atoms with van der Waals surface area (Å²) in [6.07, 6.45) is 5.15. The molecule has 1 aromatic carbocycles. The van der Waals surface area contributed by atoms with Crippen LogP contribution in [0.4, 0.5) is 5.69 Å². The SMILES string of the molecule is CC[C@]12C=CCN3CC[C@@]4(c5ccc(OC)cc5N(C)[C@H]4[C@@](O)(COC(=O)CC(C)C)[C@@H]1OC(C)=O)C32. The average molecular weight is 513 g/mol. The minimum absolute atomic E-state index is 0.00749. The summed E-state index contributed by atoms with van der Waals surface area (Å²) in [5.74, 6) is 0.0506. The Bertz CT molecular complexity index is 1120. The number of hydrogen-bond acceptors (Lipinski definition) is 8. The van der Waals surface area contributed by atoms with Crippen LogP contribution >= 0.6 is 0 Å². The molecule has 0 aromatic heterocycles. The molecule has 4 aliphatic rings. The molecule has 3 aliphatic heterocycles. The largest absolute Gasteiger partial charge is 0.497 e. The van der Waals surface area contributed by atoms with Gasteiger partial charge in [0.1, 0.15) is 18.5 Å². The summed E-state index contributed by atoms with van der Waals surface area (Å²) in [5.41, 5.74) is -0.606. The Kier molecular flexibility index (Phi) is 6.35. The summed E-state index contributed by atoms with van der Waals surface area (Å²) >= 11 is 0. The van der Waals surface area contributed by atoms with Crippen molar-refractivity contribution in [2.45, 2.75) is 76.2 Å². The van der Waals surface area contributed by atoms with Gasteiger partial charge >= 0.3 is 11.9 Å². The molecule has 37 heavy (non-hydrogen) atoms. The number of carbonyl (C=O) groups excluding carboxylic acids is 2. The molecule has 0 amide bonds. The summed E-state index contributed by atoms with van der Waals surface area (Å²) in [7, 11) is 3.62. The first-order valence-electron chi connectivity index (χ1n) is 13.4. The van der Waals surface area contributed by atoms with E-state index in [2.05, 4.69) is 34.9 Å². The van der Waals surface area contributed by atoms with Crippen LogP contribution in [0.25, 0.3) is 0 Å². The molecule has 1 saturated carbocycles. The van der Waals surface area contributed by atoms with Gasteiger partial charge < -0.3 is 24.2 Å². The second kappa shape index (κ2) is 9.02. The lowest BCUT2D eigenvalue weighted by Crippen LogP contribution is -2.80. The number of rotatable bonds is 7. The molecule has 0 radical (unpaired) electrons. The van der Waals surface area contributed by atoms with E-state index in [0.29, 0.717) is 6.42 Å². The Morgan fingerprint density at radius 1 is 1.24 bits per heavy atom. The van der Waals surface area contributed by atoms with Crippen LogP contribution in [0.1, 0.15) is 52.5 Å². The number of aliphatic hydroxyl groups is 1. The number of ether oxygens (including phenoxy) is 3. The van der Waals surface area contributed by atoms with Crippen molar-refractivity contribution in [3.05, 3.63) is 35.9 Å². The highest BCUT2D eigenvalue weighted by atomic mass is 16.6. The Hall–Kier alpha value is -2.58. The second-order valence-electron chi connectivity index (χ2n) is 11.7. The van der Waals surface area contributed by atoms with Gasteiger partial charge in [-0.2, -0.15) is 0 Å². The van der Waals surface area contributed by atoms with Crippen molar-refractivity contribution in [3.8, 4) is 5.75 Å². The van der Waals surface area contributed by atoms with E-state index in [0.717, 1.165) is 36.5 Å². The molecule has 1 unspecified atom stereocenters. The summed E-state index contributed by atoms with van der Waals surface area (Å²) in [6.45, 7) is 8.81. The minimum Gasteiger partial charge on any atom is -0.497 e. The van der Waals surface area contributed by atoms with Gasteiger partial charge in [-0.3, -0.25) is 14.5 Å². The molecule has 0 bridgehead atoms. The Morgan fingerprint density at radius 2 is 2.00 bits per heavy atom. The second-order valence-corrected chi connectivity index (χ2v) is 11.7. The molecule has 8 nitrogen and oxygen atoms in total. The van der Waals surface area contributed by atoms with Crippen LogP contribution in [0, 0.1) is 11.3 Å². The molecule has 3 heterocycles. The van der Waals surface area contributed by atoms with Crippen LogP contribution < -0.4 is 9.64 Å². The molecule has 202 valence electrons. The topological polar surface area (TPSA) is 88.5 Å². The predicted octanol–water partition coefficient (Wildman–Crippen LogP) is 3.06. The number of anilines is 1. The molecule has 1 saturated heterocycles. The van der Waals surface area contributed by atoms with Crippen molar-refractivity contribution >= 4 is 17.6 Å². The third kappa shape index (κ3) is 3.55. The van der Waals surface area contributed by atoms with Crippen molar-refractivity contribution in [2.24, 2.45) is 11.3 Å². The van der Waals surface area contributed by atoms with Gasteiger partial charge in [-0.15, -0.1) is 0 Å². The zero-order valence-electron chi connectivity index (χ0n) is 22.8. The zero-order chi connectivity index (χ0) is 26.8. The Morgan fingerprint density at radius 3 is 2.65 bits per heavy atom. The lowest BCUT2D eigenvalue weighted by Gasteiger charge is -2.64. The highest BCUT2D eigenvalue weighted by Crippen LogP contribution is 2.67. The molecule has 1 aromatic rings. The number of methoxy groups -OCH3 is 1. The van der Waals surface area contributed by atoms with Gasteiger partial charge in [0, 0.05) is 55.6 Å². The van der Waals surface area contributed by atoms with Crippen molar-refractivity contribution < 1.29 is 28.9 Å². The smallest absolute Gasteiger partial charge is 0.306 e. The third-order valence-corrected chi connectivity index (χ3v) is 9.26. The molecule has 1 spiro atoms. The summed E-state index contributed by atoms with van der Waals surface area (Å²) < 4.78 is 17.5. The summed E-state index contributed by atoms with van der Waals surface area (Å²) in [5, 5.41) is 12.9. The number of benzene rings is 1. The maximum Gasteiger partial charge on any atom is 0.306 e. The molecule has 1 aliphatic carbocycles.